The van der Waals surface area contributed by atoms with Gasteiger partial charge in [0, 0.05) is 20.7 Å². The molecule has 0 aromatic heterocycles. The fraction of sp³-hybridized carbons (Fsp3) is 0.118. The molecule has 0 saturated carbocycles. The van der Waals surface area contributed by atoms with Gasteiger partial charge in [-0.25, -0.2) is 5.43 Å². The molecule has 0 radical (unpaired) electrons. The Hall–Kier alpha value is -2.38. The first-order chi connectivity index (χ1) is 11.9. The van der Waals surface area contributed by atoms with Crippen LogP contribution in [0.2, 0.25) is 5.02 Å². The molecule has 0 bridgehead atoms. The minimum Gasteiger partial charge on any atom is -0.496 e. The van der Waals surface area contributed by atoms with Crippen molar-refractivity contribution in [3.05, 3.63) is 57.0 Å². The zero-order chi connectivity index (χ0) is 18.4. The van der Waals surface area contributed by atoms with Gasteiger partial charge in [0.2, 0.25) is 0 Å². The molecule has 2 aromatic carbocycles. The predicted molar refractivity (Wildman–Crippen MR) is 101 cm³/mol. The van der Waals surface area contributed by atoms with Gasteiger partial charge in [-0.15, -0.1) is 0 Å². The predicted octanol–water partition coefficient (Wildman–Crippen LogP) is 3.51. The monoisotopic (exact) mass is 423 g/mol. The number of hydrazone groups is 1. The van der Waals surface area contributed by atoms with Gasteiger partial charge in [-0.3, -0.25) is 9.59 Å². The second kappa shape index (κ2) is 8.64. The van der Waals surface area contributed by atoms with Gasteiger partial charge in [0.1, 0.15) is 5.75 Å². The number of halogens is 2. The van der Waals surface area contributed by atoms with Crippen molar-refractivity contribution in [1.82, 2.24) is 5.43 Å². The molecule has 6 nitrogen and oxygen atoms in total. The van der Waals surface area contributed by atoms with Gasteiger partial charge in [-0.2, -0.15) is 5.10 Å². The van der Waals surface area contributed by atoms with Crippen molar-refractivity contribution in [2.75, 3.05) is 12.4 Å². The molecule has 0 heterocycles. The Bertz CT molecular complexity index is 840. The van der Waals surface area contributed by atoms with Crippen LogP contribution in [0.4, 0.5) is 5.69 Å². The maximum absolute atomic E-state index is 11.9. The van der Waals surface area contributed by atoms with E-state index < -0.39 is 11.8 Å². The third-order valence-corrected chi connectivity index (χ3v) is 4.10. The van der Waals surface area contributed by atoms with E-state index in [0.29, 0.717) is 22.0 Å². The average Bonchev–Trinajstić information content (AvgIpc) is 2.58. The number of anilines is 1. The van der Waals surface area contributed by atoms with Crippen molar-refractivity contribution in [1.29, 1.82) is 0 Å². The van der Waals surface area contributed by atoms with Crippen LogP contribution in [-0.2, 0) is 9.59 Å². The minimum atomic E-state index is -0.901. The third-order valence-electron chi connectivity index (χ3n) is 3.20. The highest BCUT2D eigenvalue weighted by Gasteiger charge is 2.13. The van der Waals surface area contributed by atoms with E-state index in [4.69, 9.17) is 16.3 Å². The largest absolute Gasteiger partial charge is 0.496 e. The molecule has 2 aromatic rings. The number of hydrogen-bond acceptors (Lipinski definition) is 4. The quantitative estimate of drug-likeness (QED) is 0.448. The van der Waals surface area contributed by atoms with Gasteiger partial charge < -0.3 is 10.1 Å². The normalized spacial score (nSPS) is 10.6. The molecule has 2 N–H and O–H groups in total. The molecule has 0 aliphatic carbocycles. The lowest BCUT2D eigenvalue weighted by atomic mass is 10.2. The van der Waals surface area contributed by atoms with E-state index in [0.717, 1.165) is 10.0 Å². The van der Waals surface area contributed by atoms with Crippen LogP contribution in [0.5, 0.6) is 5.75 Å². The van der Waals surface area contributed by atoms with Gasteiger partial charge in [0.05, 0.1) is 13.3 Å². The molecular formula is C17H15BrClN3O3. The molecule has 0 spiro atoms. The smallest absolute Gasteiger partial charge is 0.329 e. The van der Waals surface area contributed by atoms with Crippen LogP contribution in [0.1, 0.15) is 11.1 Å². The molecule has 2 rings (SSSR count). The first kappa shape index (κ1) is 19.0. The van der Waals surface area contributed by atoms with Crippen molar-refractivity contribution in [3.8, 4) is 5.75 Å². The highest BCUT2D eigenvalue weighted by Crippen LogP contribution is 2.21. The van der Waals surface area contributed by atoms with Crippen molar-refractivity contribution in [2.45, 2.75) is 6.92 Å². The molecule has 8 heteroatoms. The standard InChI is InChI=1S/C17H15BrClN3O3/c1-10-3-5-13(8-14(10)19)21-16(23)17(24)22-20-9-11-7-12(18)4-6-15(11)25-2/h3-9H,1-2H3,(H,21,23)(H,22,24). The Morgan fingerprint density at radius 3 is 2.64 bits per heavy atom. The molecule has 0 aliphatic rings. The Morgan fingerprint density at radius 2 is 1.96 bits per heavy atom. The van der Waals surface area contributed by atoms with Crippen LogP contribution in [0, 0.1) is 6.92 Å². The van der Waals surface area contributed by atoms with Gasteiger partial charge in [-0.05, 0) is 42.8 Å². The van der Waals surface area contributed by atoms with E-state index in [2.05, 4.69) is 31.8 Å². The van der Waals surface area contributed by atoms with Crippen molar-refractivity contribution >= 4 is 51.2 Å². The maximum atomic E-state index is 11.9. The summed E-state index contributed by atoms with van der Waals surface area (Å²) in [4.78, 5) is 23.7. The van der Waals surface area contributed by atoms with E-state index in [1.54, 1.807) is 30.3 Å². The summed E-state index contributed by atoms with van der Waals surface area (Å²) in [5.74, 6) is -1.17. The van der Waals surface area contributed by atoms with Crippen LogP contribution in [0.25, 0.3) is 0 Å². The Labute approximate surface area is 158 Å². The first-order valence-corrected chi connectivity index (χ1v) is 8.32. The molecule has 0 aliphatic heterocycles. The molecular weight excluding hydrogens is 410 g/mol. The number of ether oxygens (including phenoxy) is 1. The second-order valence-corrected chi connectivity index (χ2v) is 6.33. The Kier molecular flexibility index (Phi) is 6.55. The number of nitrogens with one attached hydrogen (secondary N) is 2. The van der Waals surface area contributed by atoms with Crippen molar-refractivity contribution in [2.24, 2.45) is 5.10 Å². The molecule has 25 heavy (non-hydrogen) atoms. The lowest BCUT2D eigenvalue weighted by Crippen LogP contribution is -2.32. The maximum Gasteiger partial charge on any atom is 0.329 e. The number of carbonyl (C=O) groups excluding carboxylic acids is 2. The number of hydrogen-bond donors (Lipinski definition) is 2. The molecule has 2 amide bonds. The van der Waals surface area contributed by atoms with Gasteiger partial charge >= 0.3 is 11.8 Å². The first-order valence-electron chi connectivity index (χ1n) is 7.15. The minimum absolute atomic E-state index is 0.424. The molecule has 0 saturated heterocycles. The van der Waals surface area contributed by atoms with Crippen LogP contribution < -0.4 is 15.5 Å². The highest BCUT2D eigenvalue weighted by molar-refractivity contribution is 9.10. The molecule has 0 atom stereocenters. The van der Waals surface area contributed by atoms with Crippen molar-refractivity contribution < 1.29 is 14.3 Å². The Morgan fingerprint density at radius 1 is 1.20 bits per heavy atom. The zero-order valence-corrected chi connectivity index (χ0v) is 15.8. The fourth-order valence-electron chi connectivity index (χ4n) is 1.88. The summed E-state index contributed by atoms with van der Waals surface area (Å²) in [5, 5.41) is 6.72. The lowest BCUT2D eigenvalue weighted by Gasteiger charge is -2.06. The average molecular weight is 425 g/mol. The topological polar surface area (TPSA) is 79.8 Å². The summed E-state index contributed by atoms with van der Waals surface area (Å²) >= 11 is 9.32. The van der Waals surface area contributed by atoms with Crippen LogP contribution in [-0.4, -0.2) is 25.1 Å². The number of benzene rings is 2. The fourth-order valence-corrected chi connectivity index (χ4v) is 2.44. The van der Waals surface area contributed by atoms with E-state index >= 15 is 0 Å². The van der Waals surface area contributed by atoms with Crippen molar-refractivity contribution in [3.63, 3.8) is 0 Å². The number of carbonyl (C=O) groups is 2. The van der Waals surface area contributed by atoms with Gasteiger partial charge in [0.15, 0.2) is 0 Å². The van der Waals surface area contributed by atoms with Crippen LogP contribution in [0.3, 0.4) is 0 Å². The number of methoxy groups -OCH3 is 1. The SMILES string of the molecule is COc1ccc(Br)cc1C=NNC(=O)C(=O)Nc1ccc(C)c(Cl)c1. The number of amides is 2. The summed E-state index contributed by atoms with van der Waals surface area (Å²) < 4.78 is 6.02. The molecule has 0 fully saturated rings. The summed E-state index contributed by atoms with van der Waals surface area (Å²) in [7, 11) is 1.53. The number of aryl methyl sites for hydroxylation is 1. The van der Waals surface area contributed by atoms with Crippen LogP contribution in [0.15, 0.2) is 46.0 Å². The summed E-state index contributed by atoms with van der Waals surface area (Å²) in [5.41, 5.74) is 4.10. The number of nitrogens with zero attached hydrogens (tertiary/aromatic N) is 1. The summed E-state index contributed by atoms with van der Waals surface area (Å²) in [6, 6.07) is 10.3. The van der Waals surface area contributed by atoms with Gasteiger partial charge in [-0.1, -0.05) is 33.6 Å². The summed E-state index contributed by atoms with van der Waals surface area (Å²) in [6.07, 6.45) is 1.39. The molecule has 0 unspecified atom stereocenters. The third kappa shape index (κ3) is 5.30. The van der Waals surface area contributed by atoms with E-state index in [1.807, 2.05) is 13.0 Å². The highest BCUT2D eigenvalue weighted by atomic mass is 79.9. The Balaban J connectivity index is 1.98. The van der Waals surface area contributed by atoms with E-state index in [1.165, 1.54) is 13.3 Å². The van der Waals surface area contributed by atoms with Crippen LogP contribution >= 0.6 is 27.5 Å². The number of rotatable bonds is 4. The summed E-state index contributed by atoms with van der Waals surface area (Å²) in [6.45, 7) is 1.84. The second-order valence-electron chi connectivity index (χ2n) is 5.00. The zero-order valence-electron chi connectivity index (χ0n) is 13.5. The lowest BCUT2D eigenvalue weighted by molar-refractivity contribution is -0.136. The van der Waals surface area contributed by atoms with Gasteiger partial charge in [0.25, 0.3) is 0 Å². The molecule has 130 valence electrons. The van der Waals surface area contributed by atoms with E-state index in [-0.39, 0.29) is 0 Å². The van der Waals surface area contributed by atoms with E-state index in [9.17, 15) is 9.59 Å².